The maximum atomic E-state index is 11.1. The monoisotopic (exact) mass is 234 g/mol. The standard InChI is InChI=1S/C9H11ClO3S/c1-3-13-8-4-7(2)5-9(6-8)14(10,11)12/h4-6H,3H2,1-2H3. The number of benzene rings is 1. The fourth-order valence-electron chi connectivity index (χ4n) is 1.10. The number of rotatable bonds is 3. The lowest BCUT2D eigenvalue weighted by molar-refractivity contribution is 0.339. The number of hydrogen-bond donors (Lipinski definition) is 0. The minimum absolute atomic E-state index is 0.0719. The summed E-state index contributed by atoms with van der Waals surface area (Å²) in [5.74, 6) is 0.520. The SMILES string of the molecule is CCOc1cc(C)cc(S(=O)(=O)Cl)c1. The van der Waals surface area contributed by atoms with Gasteiger partial charge in [-0.15, -0.1) is 0 Å². The molecular weight excluding hydrogens is 224 g/mol. The van der Waals surface area contributed by atoms with Crippen molar-refractivity contribution in [1.82, 2.24) is 0 Å². The highest BCUT2D eigenvalue weighted by Gasteiger charge is 2.11. The van der Waals surface area contributed by atoms with E-state index in [9.17, 15) is 8.42 Å². The molecule has 0 amide bonds. The molecule has 14 heavy (non-hydrogen) atoms. The maximum Gasteiger partial charge on any atom is 0.261 e. The van der Waals surface area contributed by atoms with Crippen molar-refractivity contribution in [3.63, 3.8) is 0 Å². The first-order chi connectivity index (χ1) is 6.43. The molecule has 1 aromatic carbocycles. The second kappa shape index (κ2) is 4.19. The van der Waals surface area contributed by atoms with E-state index < -0.39 is 9.05 Å². The van der Waals surface area contributed by atoms with Gasteiger partial charge in [0.15, 0.2) is 0 Å². The van der Waals surface area contributed by atoms with Gasteiger partial charge in [0.25, 0.3) is 9.05 Å². The van der Waals surface area contributed by atoms with Crippen molar-refractivity contribution in [2.24, 2.45) is 0 Å². The van der Waals surface area contributed by atoms with Gasteiger partial charge in [0, 0.05) is 16.7 Å². The zero-order valence-corrected chi connectivity index (χ0v) is 9.52. The Kier molecular flexibility index (Phi) is 3.39. The lowest BCUT2D eigenvalue weighted by Crippen LogP contribution is -1.96. The Morgan fingerprint density at radius 3 is 2.50 bits per heavy atom. The van der Waals surface area contributed by atoms with Crippen LogP contribution >= 0.6 is 10.7 Å². The molecule has 0 aliphatic rings. The predicted molar refractivity (Wildman–Crippen MR) is 55.4 cm³/mol. The van der Waals surface area contributed by atoms with E-state index in [1.165, 1.54) is 12.1 Å². The maximum absolute atomic E-state index is 11.1. The zero-order chi connectivity index (χ0) is 10.8. The van der Waals surface area contributed by atoms with Crippen molar-refractivity contribution < 1.29 is 13.2 Å². The van der Waals surface area contributed by atoms with E-state index in [0.717, 1.165) is 5.56 Å². The van der Waals surface area contributed by atoms with Crippen LogP contribution in [0.15, 0.2) is 23.1 Å². The molecule has 0 radical (unpaired) electrons. The van der Waals surface area contributed by atoms with Gasteiger partial charge in [0.05, 0.1) is 11.5 Å². The van der Waals surface area contributed by atoms with Gasteiger partial charge in [0.2, 0.25) is 0 Å². The molecule has 0 atom stereocenters. The molecule has 0 aromatic heterocycles. The van der Waals surface area contributed by atoms with Crippen LogP contribution in [-0.2, 0) is 9.05 Å². The summed E-state index contributed by atoms with van der Waals surface area (Å²) in [6, 6.07) is 4.68. The first-order valence-electron chi connectivity index (χ1n) is 4.12. The summed E-state index contributed by atoms with van der Waals surface area (Å²) in [7, 11) is 1.55. The van der Waals surface area contributed by atoms with Crippen LogP contribution < -0.4 is 4.74 Å². The molecule has 0 fully saturated rings. The van der Waals surface area contributed by atoms with Gasteiger partial charge in [-0.3, -0.25) is 0 Å². The average Bonchev–Trinajstić information content (AvgIpc) is 2.02. The molecule has 0 heterocycles. The van der Waals surface area contributed by atoms with Crippen LogP contribution in [0.1, 0.15) is 12.5 Å². The highest BCUT2D eigenvalue weighted by Crippen LogP contribution is 2.23. The molecule has 0 bridgehead atoms. The van der Waals surface area contributed by atoms with Gasteiger partial charge in [-0.2, -0.15) is 0 Å². The normalized spacial score (nSPS) is 11.4. The van der Waals surface area contributed by atoms with E-state index in [2.05, 4.69) is 0 Å². The summed E-state index contributed by atoms with van der Waals surface area (Å²) in [6.07, 6.45) is 0. The fourth-order valence-corrected chi connectivity index (χ4v) is 1.96. The Hall–Kier alpha value is -0.740. The van der Waals surface area contributed by atoms with Crippen molar-refractivity contribution >= 4 is 19.7 Å². The van der Waals surface area contributed by atoms with Gasteiger partial charge in [-0.05, 0) is 31.5 Å². The molecule has 1 rings (SSSR count). The lowest BCUT2D eigenvalue weighted by Gasteiger charge is -2.05. The van der Waals surface area contributed by atoms with Crippen LogP contribution in [0.5, 0.6) is 5.75 Å². The topological polar surface area (TPSA) is 43.4 Å². The van der Waals surface area contributed by atoms with Crippen LogP contribution in [0.25, 0.3) is 0 Å². The van der Waals surface area contributed by atoms with Crippen molar-refractivity contribution in [1.29, 1.82) is 0 Å². The highest BCUT2D eigenvalue weighted by atomic mass is 35.7. The summed E-state index contributed by atoms with van der Waals surface area (Å²) in [4.78, 5) is 0.0719. The Morgan fingerprint density at radius 1 is 1.36 bits per heavy atom. The molecule has 0 saturated heterocycles. The summed E-state index contributed by atoms with van der Waals surface area (Å²) in [5, 5.41) is 0. The molecule has 78 valence electrons. The van der Waals surface area contributed by atoms with E-state index in [0.29, 0.717) is 12.4 Å². The summed E-state index contributed by atoms with van der Waals surface area (Å²) >= 11 is 0. The van der Waals surface area contributed by atoms with Crippen LogP contribution in [-0.4, -0.2) is 15.0 Å². The van der Waals surface area contributed by atoms with Crippen molar-refractivity contribution in [3.05, 3.63) is 23.8 Å². The number of halogens is 1. The molecule has 0 unspecified atom stereocenters. The summed E-state index contributed by atoms with van der Waals surface area (Å²) in [5.41, 5.74) is 0.801. The third-order valence-electron chi connectivity index (χ3n) is 1.62. The Balaban J connectivity index is 3.21. The lowest BCUT2D eigenvalue weighted by atomic mass is 10.2. The van der Waals surface area contributed by atoms with Crippen molar-refractivity contribution in [3.8, 4) is 5.75 Å². The van der Waals surface area contributed by atoms with Crippen LogP contribution in [0.4, 0.5) is 0 Å². The van der Waals surface area contributed by atoms with Crippen molar-refractivity contribution in [2.45, 2.75) is 18.7 Å². The van der Waals surface area contributed by atoms with E-state index in [1.807, 2.05) is 6.92 Å². The molecule has 0 spiro atoms. The predicted octanol–water partition coefficient (Wildman–Crippen LogP) is 2.32. The van der Waals surface area contributed by atoms with E-state index in [-0.39, 0.29) is 4.90 Å². The van der Waals surface area contributed by atoms with Gasteiger partial charge < -0.3 is 4.74 Å². The van der Waals surface area contributed by atoms with Crippen LogP contribution in [0.3, 0.4) is 0 Å². The minimum atomic E-state index is -3.67. The molecule has 1 aromatic rings. The average molecular weight is 235 g/mol. The van der Waals surface area contributed by atoms with Crippen molar-refractivity contribution in [2.75, 3.05) is 6.61 Å². The van der Waals surface area contributed by atoms with E-state index in [4.69, 9.17) is 15.4 Å². The molecule has 0 N–H and O–H groups in total. The molecule has 3 nitrogen and oxygen atoms in total. The highest BCUT2D eigenvalue weighted by molar-refractivity contribution is 8.13. The fraction of sp³-hybridized carbons (Fsp3) is 0.333. The third-order valence-corrected chi connectivity index (χ3v) is 2.95. The van der Waals surface area contributed by atoms with Gasteiger partial charge >= 0.3 is 0 Å². The van der Waals surface area contributed by atoms with E-state index >= 15 is 0 Å². The van der Waals surface area contributed by atoms with Crippen LogP contribution in [0, 0.1) is 6.92 Å². The summed E-state index contributed by atoms with van der Waals surface area (Å²) in [6.45, 7) is 4.11. The van der Waals surface area contributed by atoms with Crippen LogP contribution in [0.2, 0.25) is 0 Å². The smallest absolute Gasteiger partial charge is 0.261 e. The molecule has 0 aliphatic heterocycles. The second-order valence-electron chi connectivity index (χ2n) is 2.85. The largest absolute Gasteiger partial charge is 0.494 e. The van der Waals surface area contributed by atoms with Gasteiger partial charge in [0.1, 0.15) is 5.75 Å². The number of hydrogen-bond acceptors (Lipinski definition) is 3. The van der Waals surface area contributed by atoms with Gasteiger partial charge in [-0.25, -0.2) is 8.42 Å². The minimum Gasteiger partial charge on any atom is -0.494 e. The molecule has 0 saturated carbocycles. The first kappa shape index (κ1) is 11.3. The Labute approximate surface area is 88.1 Å². The zero-order valence-electron chi connectivity index (χ0n) is 7.95. The van der Waals surface area contributed by atoms with Gasteiger partial charge in [-0.1, -0.05) is 0 Å². The quantitative estimate of drug-likeness (QED) is 0.754. The Bertz CT molecular complexity index is 426. The molecule has 5 heteroatoms. The molecular formula is C9H11ClO3S. The first-order valence-corrected chi connectivity index (χ1v) is 6.43. The number of ether oxygens (including phenoxy) is 1. The van der Waals surface area contributed by atoms with E-state index in [1.54, 1.807) is 13.0 Å². The summed E-state index contributed by atoms with van der Waals surface area (Å²) < 4.78 is 27.3. The third kappa shape index (κ3) is 2.89. The molecule has 0 aliphatic carbocycles. The second-order valence-corrected chi connectivity index (χ2v) is 5.42. The Morgan fingerprint density at radius 2 is 2.00 bits per heavy atom. The number of aryl methyl sites for hydroxylation is 1.